The zero-order valence-corrected chi connectivity index (χ0v) is 11.4. The monoisotopic (exact) mass is 212 g/mol. The van der Waals surface area contributed by atoms with E-state index in [2.05, 4.69) is 51.8 Å². The van der Waals surface area contributed by atoms with Crippen LogP contribution in [0.2, 0.25) is 0 Å². The van der Waals surface area contributed by atoms with Gasteiger partial charge in [0.2, 0.25) is 0 Å². The smallest absolute Gasteiger partial charge is 0.0280 e. The van der Waals surface area contributed by atoms with Crippen molar-refractivity contribution in [1.82, 2.24) is 10.2 Å². The molecule has 90 valence electrons. The van der Waals surface area contributed by atoms with Crippen molar-refractivity contribution in [3.63, 3.8) is 0 Å². The van der Waals surface area contributed by atoms with Crippen LogP contribution in [-0.2, 0) is 0 Å². The number of nitrogens with zero attached hydrogens (tertiary/aromatic N) is 1. The Labute approximate surface area is 95.4 Å². The minimum atomic E-state index is 0.281. The van der Waals surface area contributed by atoms with Gasteiger partial charge in [0.05, 0.1) is 0 Å². The highest BCUT2D eigenvalue weighted by atomic mass is 15.3. The second kappa shape index (κ2) is 4.42. The first kappa shape index (κ1) is 13.0. The Morgan fingerprint density at radius 1 is 1.20 bits per heavy atom. The van der Waals surface area contributed by atoms with Gasteiger partial charge in [-0.2, -0.15) is 0 Å². The van der Waals surface area contributed by atoms with Crippen LogP contribution < -0.4 is 5.32 Å². The number of hydrogen-bond donors (Lipinski definition) is 1. The third kappa shape index (κ3) is 3.18. The summed E-state index contributed by atoms with van der Waals surface area (Å²) >= 11 is 0. The van der Waals surface area contributed by atoms with Crippen LogP contribution in [0.25, 0.3) is 0 Å². The first-order valence-corrected chi connectivity index (χ1v) is 6.26. The minimum absolute atomic E-state index is 0.281. The van der Waals surface area contributed by atoms with Crippen LogP contribution >= 0.6 is 0 Å². The van der Waals surface area contributed by atoms with Crippen LogP contribution in [0.5, 0.6) is 0 Å². The van der Waals surface area contributed by atoms with Crippen LogP contribution in [-0.4, -0.2) is 36.1 Å². The minimum Gasteiger partial charge on any atom is -0.314 e. The van der Waals surface area contributed by atoms with Gasteiger partial charge in [0.15, 0.2) is 0 Å². The van der Waals surface area contributed by atoms with E-state index in [4.69, 9.17) is 0 Å². The molecule has 1 aliphatic rings. The third-order valence-corrected chi connectivity index (χ3v) is 3.66. The van der Waals surface area contributed by atoms with E-state index in [0.717, 1.165) is 13.1 Å². The van der Waals surface area contributed by atoms with Gasteiger partial charge in [-0.15, -0.1) is 0 Å². The van der Waals surface area contributed by atoms with E-state index in [9.17, 15) is 0 Å². The lowest BCUT2D eigenvalue weighted by molar-refractivity contribution is 0.0583. The average molecular weight is 212 g/mol. The molecule has 0 aromatic carbocycles. The maximum absolute atomic E-state index is 3.60. The van der Waals surface area contributed by atoms with E-state index in [1.165, 1.54) is 13.0 Å². The van der Waals surface area contributed by atoms with E-state index in [-0.39, 0.29) is 5.54 Å². The van der Waals surface area contributed by atoms with E-state index >= 15 is 0 Å². The second-order valence-corrected chi connectivity index (χ2v) is 6.47. The van der Waals surface area contributed by atoms with Crippen molar-refractivity contribution in [2.24, 2.45) is 5.41 Å². The lowest BCUT2D eigenvalue weighted by Gasteiger charge is -2.43. The lowest BCUT2D eigenvalue weighted by Crippen LogP contribution is -2.53. The van der Waals surface area contributed by atoms with Gasteiger partial charge in [-0.05, 0) is 32.6 Å². The molecule has 1 atom stereocenters. The van der Waals surface area contributed by atoms with E-state index in [1.807, 2.05) is 0 Å². The van der Waals surface area contributed by atoms with Crippen LogP contribution in [0.15, 0.2) is 0 Å². The molecular weight excluding hydrogens is 184 g/mol. The highest BCUT2D eigenvalue weighted by molar-refractivity contribution is 4.94. The molecule has 0 saturated carbocycles. The highest BCUT2D eigenvalue weighted by Gasteiger charge is 2.36. The first-order chi connectivity index (χ1) is 6.78. The standard InChI is InChI=1S/C13H28N2/c1-7-11(2)15-10-12(3,4)8-14-9-13(15,5)6/h11,14H,7-10H2,1-6H3. The SMILES string of the molecule is CCC(C)N1CC(C)(C)CNCC1(C)C. The average Bonchev–Trinajstić information content (AvgIpc) is 2.21. The summed E-state index contributed by atoms with van der Waals surface area (Å²) in [4.78, 5) is 2.67. The molecule has 0 amide bonds. The first-order valence-electron chi connectivity index (χ1n) is 6.26. The van der Waals surface area contributed by atoms with E-state index in [0.29, 0.717) is 11.5 Å². The Morgan fingerprint density at radius 2 is 1.80 bits per heavy atom. The summed E-state index contributed by atoms with van der Waals surface area (Å²) < 4.78 is 0. The van der Waals surface area contributed by atoms with Crippen LogP contribution in [0, 0.1) is 5.41 Å². The molecule has 1 N–H and O–H groups in total. The summed E-state index contributed by atoms with van der Waals surface area (Å²) in [5.74, 6) is 0. The van der Waals surface area contributed by atoms with Gasteiger partial charge < -0.3 is 5.32 Å². The van der Waals surface area contributed by atoms with Gasteiger partial charge in [0.25, 0.3) is 0 Å². The fourth-order valence-corrected chi connectivity index (χ4v) is 2.51. The van der Waals surface area contributed by atoms with Crippen molar-refractivity contribution in [3.05, 3.63) is 0 Å². The molecule has 1 fully saturated rings. The molecule has 0 spiro atoms. The molecular formula is C13H28N2. The molecule has 0 bridgehead atoms. The number of rotatable bonds is 2. The normalized spacial score (nSPS) is 28.4. The van der Waals surface area contributed by atoms with Crippen LogP contribution in [0.4, 0.5) is 0 Å². The predicted octanol–water partition coefficient (Wildman–Crippen LogP) is 2.49. The number of hydrogen-bond acceptors (Lipinski definition) is 2. The van der Waals surface area contributed by atoms with Crippen molar-refractivity contribution in [3.8, 4) is 0 Å². The zero-order valence-electron chi connectivity index (χ0n) is 11.4. The largest absolute Gasteiger partial charge is 0.314 e. The summed E-state index contributed by atoms with van der Waals surface area (Å²) in [6.07, 6.45) is 1.24. The third-order valence-electron chi connectivity index (χ3n) is 3.66. The molecule has 0 aromatic heterocycles. The van der Waals surface area contributed by atoms with Gasteiger partial charge in [0.1, 0.15) is 0 Å². The predicted molar refractivity (Wildman–Crippen MR) is 67.2 cm³/mol. The zero-order chi connectivity index (χ0) is 11.7. The molecule has 2 heteroatoms. The van der Waals surface area contributed by atoms with Gasteiger partial charge in [-0.1, -0.05) is 20.8 Å². The molecule has 15 heavy (non-hydrogen) atoms. The van der Waals surface area contributed by atoms with Crippen molar-refractivity contribution in [2.75, 3.05) is 19.6 Å². The number of nitrogens with one attached hydrogen (secondary N) is 1. The van der Waals surface area contributed by atoms with Gasteiger partial charge in [-0.25, -0.2) is 0 Å². The Kier molecular flexibility index (Phi) is 3.83. The molecule has 2 nitrogen and oxygen atoms in total. The topological polar surface area (TPSA) is 15.3 Å². The van der Waals surface area contributed by atoms with Crippen molar-refractivity contribution < 1.29 is 0 Å². The molecule has 0 radical (unpaired) electrons. The fourth-order valence-electron chi connectivity index (χ4n) is 2.51. The molecule has 1 unspecified atom stereocenters. The van der Waals surface area contributed by atoms with Gasteiger partial charge in [0, 0.05) is 31.2 Å². The molecule has 0 aliphatic carbocycles. The molecule has 1 saturated heterocycles. The Bertz CT molecular complexity index is 209. The summed E-state index contributed by atoms with van der Waals surface area (Å²) in [5, 5.41) is 3.60. The fraction of sp³-hybridized carbons (Fsp3) is 1.00. The van der Waals surface area contributed by atoms with Crippen molar-refractivity contribution >= 4 is 0 Å². The summed E-state index contributed by atoms with van der Waals surface area (Å²) in [6, 6.07) is 0.680. The molecule has 1 aliphatic heterocycles. The lowest BCUT2D eigenvalue weighted by atomic mass is 9.91. The van der Waals surface area contributed by atoms with Gasteiger partial charge in [-0.3, -0.25) is 4.90 Å². The summed E-state index contributed by atoms with van der Waals surface area (Å²) in [7, 11) is 0. The molecule has 0 aromatic rings. The van der Waals surface area contributed by atoms with Crippen LogP contribution in [0.1, 0.15) is 48.0 Å². The summed E-state index contributed by atoms with van der Waals surface area (Å²) in [6.45, 7) is 17.5. The van der Waals surface area contributed by atoms with E-state index in [1.54, 1.807) is 0 Å². The highest BCUT2D eigenvalue weighted by Crippen LogP contribution is 2.28. The summed E-state index contributed by atoms with van der Waals surface area (Å²) in [5.41, 5.74) is 0.667. The van der Waals surface area contributed by atoms with Crippen molar-refractivity contribution in [2.45, 2.75) is 59.5 Å². The van der Waals surface area contributed by atoms with Crippen molar-refractivity contribution in [1.29, 1.82) is 0 Å². The Balaban J connectivity index is 2.85. The molecule has 1 rings (SSSR count). The van der Waals surface area contributed by atoms with E-state index < -0.39 is 0 Å². The Hall–Kier alpha value is -0.0800. The maximum Gasteiger partial charge on any atom is 0.0280 e. The van der Waals surface area contributed by atoms with Crippen LogP contribution in [0.3, 0.4) is 0 Å². The van der Waals surface area contributed by atoms with Gasteiger partial charge >= 0.3 is 0 Å². The molecule has 1 heterocycles. The second-order valence-electron chi connectivity index (χ2n) is 6.47. The Morgan fingerprint density at radius 3 is 2.33 bits per heavy atom. The maximum atomic E-state index is 3.60. The quantitative estimate of drug-likeness (QED) is 0.756.